The molecule has 1 atom stereocenters. The molecular formula is C22H22N8O2. The summed E-state index contributed by atoms with van der Waals surface area (Å²) in [6, 6.07) is 19.0. The molecule has 4 rings (SSSR count). The number of carbonyl (C=O) groups excluding carboxylic acids is 1. The Kier molecular flexibility index (Phi) is 5.75. The highest BCUT2D eigenvalue weighted by molar-refractivity contribution is 5.86. The first-order valence-corrected chi connectivity index (χ1v) is 9.90. The monoisotopic (exact) mass is 430 g/mol. The first kappa shape index (κ1) is 20.9. The van der Waals surface area contributed by atoms with Crippen molar-refractivity contribution in [3.8, 4) is 17.1 Å². The maximum absolute atomic E-state index is 12.9. The van der Waals surface area contributed by atoms with Crippen molar-refractivity contribution in [1.82, 2.24) is 29.7 Å². The van der Waals surface area contributed by atoms with Crippen LogP contribution in [0.2, 0.25) is 0 Å². The summed E-state index contributed by atoms with van der Waals surface area (Å²) in [5, 5.41) is 4.41. The van der Waals surface area contributed by atoms with Crippen molar-refractivity contribution in [3.05, 3.63) is 72.3 Å². The topological polar surface area (TPSA) is 125 Å². The fourth-order valence-electron chi connectivity index (χ4n) is 2.97. The van der Waals surface area contributed by atoms with Crippen molar-refractivity contribution in [2.24, 2.45) is 0 Å². The molecule has 0 bridgehead atoms. The number of hydrogen-bond donors (Lipinski definition) is 1. The van der Waals surface area contributed by atoms with Gasteiger partial charge in [0.1, 0.15) is 0 Å². The quantitative estimate of drug-likeness (QED) is 0.460. The summed E-state index contributed by atoms with van der Waals surface area (Å²) in [5.41, 5.74) is 7.36. The molecule has 10 nitrogen and oxygen atoms in total. The van der Waals surface area contributed by atoms with Gasteiger partial charge in [-0.05, 0) is 19.1 Å². The number of carbonyl (C=O) groups is 1. The Labute approximate surface area is 184 Å². The van der Waals surface area contributed by atoms with E-state index in [1.807, 2.05) is 60.7 Å². The van der Waals surface area contributed by atoms with Gasteiger partial charge in [-0.3, -0.25) is 0 Å². The van der Waals surface area contributed by atoms with Gasteiger partial charge in [-0.15, -0.1) is 5.10 Å². The molecule has 0 amide bonds. The molecule has 162 valence electrons. The predicted molar refractivity (Wildman–Crippen MR) is 119 cm³/mol. The Balaban J connectivity index is 1.65. The minimum atomic E-state index is -0.782. The van der Waals surface area contributed by atoms with Crippen LogP contribution >= 0.6 is 0 Å². The number of hydrogen-bond acceptors (Lipinski definition) is 9. The van der Waals surface area contributed by atoms with Crippen molar-refractivity contribution in [2.75, 3.05) is 24.7 Å². The van der Waals surface area contributed by atoms with Crippen LogP contribution in [0.5, 0.6) is 0 Å². The molecule has 2 aromatic carbocycles. The van der Waals surface area contributed by atoms with Crippen LogP contribution in [0.15, 0.2) is 60.7 Å². The van der Waals surface area contributed by atoms with Gasteiger partial charge in [0.05, 0.1) is 5.69 Å². The lowest BCUT2D eigenvalue weighted by atomic mass is 10.2. The summed E-state index contributed by atoms with van der Waals surface area (Å²) in [6.07, 6.45) is -0.782. The van der Waals surface area contributed by atoms with Gasteiger partial charge in [0.2, 0.25) is 11.9 Å². The van der Waals surface area contributed by atoms with Crippen molar-refractivity contribution >= 4 is 17.9 Å². The number of para-hydroxylation sites is 1. The van der Waals surface area contributed by atoms with Crippen molar-refractivity contribution in [3.63, 3.8) is 0 Å². The van der Waals surface area contributed by atoms with Crippen LogP contribution in [0.1, 0.15) is 29.5 Å². The van der Waals surface area contributed by atoms with Gasteiger partial charge in [-0.1, -0.05) is 48.5 Å². The van der Waals surface area contributed by atoms with Gasteiger partial charge in [0.25, 0.3) is 5.82 Å². The average Bonchev–Trinajstić information content (AvgIpc) is 3.25. The largest absolute Gasteiger partial charge is 0.448 e. The summed E-state index contributed by atoms with van der Waals surface area (Å²) >= 11 is 0. The van der Waals surface area contributed by atoms with E-state index in [9.17, 15) is 4.79 Å². The number of rotatable bonds is 6. The van der Waals surface area contributed by atoms with Crippen LogP contribution < -0.4 is 10.6 Å². The van der Waals surface area contributed by atoms with Crippen LogP contribution in [-0.4, -0.2) is 49.8 Å². The Morgan fingerprint density at radius 3 is 2.28 bits per heavy atom. The summed E-state index contributed by atoms with van der Waals surface area (Å²) in [5.74, 6) is 0.396. The molecule has 10 heteroatoms. The zero-order valence-corrected chi connectivity index (χ0v) is 17.9. The van der Waals surface area contributed by atoms with E-state index in [1.165, 1.54) is 0 Å². The zero-order chi connectivity index (χ0) is 22.7. The van der Waals surface area contributed by atoms with Crippen molar-refractivity contribution in [1.29, 1.82) is 0 Å². The summed E-state index contributed by atoms with van der Waals surface area (Å²) in [6.45, 7) is 1.65. The smallest absolute Gasteiger partial charge is 0.378 e. The van der Waals surface area contributed by atoms with Gasteiger partial charge in [-0.2, -0.15) is 15.0 Å². The normalized spacial score (nSPS) is 11.7. The fraction of sp³-hybridized carbons (Fsp3) is 0.182. The van der Waals surface area contributed by atoms with Crippen LogP contribution in [0.4, 0.5) is 11.9 Å². The highest BCUT2D eigenvalue weighted by Crippen LogP contribution is 2.23. The van der Waals surface area contributed by atoms with Crippen molar-refractivity contribution in [2.45, 2.75) is 13.0 Å². The minimum absolute atomic E-state index is 0.0412. The van der Waals surface area contributed by atoms with Crippen LogP contribution in [0, 0.1) is 0 Å². The van der Waals surface area contributed by atoms with Gasteiger partial charge >= 0.3 is 5.97 Å². The van der Waals surface area contributed by atoms with Gasteiger partial charge in [-0.25, -0.2) is 14.5 Å². The molecule has 0 radical (unpaired) electrons. The Morgan fingerprint density at radius 1 is 0.969 bits per heavy atom. The second-order valence-corrected chi connectivity index (χ2v) is 7.17. The molecule has 4 aromatic rings. The van der Waals surface area contributed by atoms with E-state index in [2.05, 4.69) is 25.0 Å². The average molecular weight is 430 g/mol. The number of nitrogens with two attached hydrogens (primary N) is 1. The highest BCUT2D eigenvalue weighted by Gasteiger charge is 2.24. The number of ether oxygens (including phenoxy) is 1. The number of nitrogens with zero attached hydrogens (tertiary/aromatic N) is 7. The third-order valence-corrected chi connectivity index (χ3v) is 4.53. The lowest BCUT2D eigenvalue weighted by Gasteiger charge is -2.14. The molecule has 2 aromatic heterocycles. The summed E-state index contributed by atoms with van der Waals surface area (Å²) in [4.78, 5) is 31.5. The SMILES string of the molecule is CC(OC(=O)c1nc(-c2ccccc2)n(-c2ccccc2)n1)c1nc(N)nc(N(C)C)n1. The summed E-state index contributed by atoms with van der Waals surface area (Å²) < 4.78 is 7.16. The Bertz CT molecular complexity index is 1170. The van der Waals surface area contributed by atoms with Gasteiger partial charge in [0.15, 0.2) is 17.8 Å². The molecule has 0 aliphatic rings. The van der Waals surface area contributed by atoms with Crippen molar-refractivity contribution < 1.29 is 9.53 Å². The standard InChI is InChI=1S/C22H22N8O2/c1-14(17-25-21(23)27-22(26-17)29(2)3)32-20(31)18-24-19(15-10-6-4-7-11-15)30(28-18)16-12-8-5-9-13-16/h4-14H,1-3H3,(H2,23,25,26,27). The second kappa shape index (κ2) is 8.80. The zero-order valence-electron chi connectivity index (χ0n) is 17.9. The maximum atomic E-state index is 12.9. The Morgan fingerprint density at radius 2 is 1.62 bits per heavy atom. The van der Waals surface area contributed by atoms with Gasteiger partial charge in [0, 0.05) is 19.7 Å². The van der Waals surface area contributed by atoms with E-state index in [-0.39, 0.29) is 17.6 Å². The highest BCUT2D eigenvalue weighted by atomic mass is 16.5. The number of benzene rings is 2. The van der Waals surface area contributed by atoms with E-state index >= 15 is 0 Å². The third kappa shape index (κ3) is 4.38. The fourth-order valence-corrected chi connectivity index (χ4v) is 2.97. The summed E-state index contributed by atoms with van der Waals surface area (Å²) in [7, 11) is 3.56. The number of aromatic nitrogens is 6. The molecular weight excluding hydrogens is 408 g/mol. The van der Waals surface area contributed by atoms with Crippen LogP contribution in [-0.2, 0) is 4.74 Å². The number of nitrogen functional groups attached to an aromatic ring is 1. The van der Waals surface area contributed by atoms with Crippen LogP contribution in [0.3, 0.4) is 0 Å². The third-order valence-electron chi connectivity index (χ3n) is 4.53. The molecule has 2 heterocycles. The molecule has 0 saturated carbocycles. The molecule has 1 unspecified atom stereocenters. The molecule has 0 aliphatic carbocycles. The minimum Gasteiger partial charge on any atom is -0.448 e. The second-order valence-electron chi connectivity index (χ2n) is 7.17. The Hall–Kier alpha value is -4.34. The molecule has 0 saturated heterocycles. The molecule has 0 fully saturated rings. The van der Waals surface area contributed by atoms with E-state index in [0.29, 0.717) is 11.8 Å². The number of esters is 1. The van der Waals surface area contributed by atoms with Crippen LogP contribution in [0.25, 0.3) is 17.1 Å². The molecule has 0 spiro atoms. The molecule has 0 aliphatic heterocycles. The molecule has 32 heavy (non-hydrogen) atoms. The molecule has 2 N–H and O–H groups in total. The van der Waals surface area contributed by atoms with E-state index in [0.717, 1.165) is 11.3 Å². The number of anilines is 2. The van der Waals surface area contributed by atoms with E-state index in [4.69, 9.17) is 10.5 Å². The lowest BCUT2D eigenvalue weighted by molar-refractivity contribution is 0.0305. The maximum Gasteiger partial charge on any atom is 0.378 e. The van der Waals surface area contributed by atoms with E-state index < -0.39 is 12.1 Å². The first-order valence-electron chi connectivity index (χ1n) is 9.90. The lowest BCUT2D eigenvalue weighted by Crippen LogP contribution is -2.19. The van der Waals surface area contributed by atoms with E-state index in [1.54, 1.807) is 30.6 Å². The first-order chi connectivity index (χ1) is 15.4. The van der Waals surface area contributed by atoms with Gasteiger partial charge < -0.3 is 15.4 Å². The predicted octanol–water partition coefficient (Wildman–Crippen LogP) is 2.69.